The van der Waals surface area contributed by atoms with Gasteiger partial charge in [0.25, 0.3) is 0 Å². The summed E-state index contributed by atoms with van der Waals surface area (Å²) in [4.78, 5) is 14.9. The van der Waals surface area contributed by atoms with E-state index in [-0.39, 0.29) is 0 Å². The Balaban J connectivity index is 2.66. The van der Waals surface area contributed by atoms with Crippen LogP contribution >= 0.6 is 0 Å². The SMILES string of the molecule is COCc1nc(C=O)c2ccccn12. The monoisotopic (exact) mass is 190 g/mol. The summed E-state index contributed by atoms with van der Waals surface area (Å²) < 4.78 is 6.85. The van der Waals surface area contributed by atoms with E-state index in [1.54, 1.807) is 7.11 Å². The molecule has 0 atom stereocenters. The molecule has 2 aromatic rings. The minimum absolute atomic E-state index is 0.402. The highest BCUT2D eigenvalue weighted by Gasteiger charge is 2.08. The van der Waals surface area contributed by atoms with Gasteiger partial charge in [-0.15, -0.1) is 0 Å². The van der Waals surface area contributed by atoms with Crippen LogP contribution in [0.4, 0.5) is 0 Å². The van der Waals surface area contributed by atoms with Crippen molar-refractivity contribution in [3.05, 3.63) is 35.9 Å². The molecule has 2 heterocycles. The Morgan fingerprint density at radius 1 is 1.57 bits per heavy atom. The first-order chi connectivity index (χ1) is 6.86. The van der Waals surface area contributed by atoms with E-state index in [1.807, 2.05) is 28.8 Å². The molecule has 14 heavy (non-hydrogen) atoms. The van der Waals surface area contributed by atoms with Crippen molar-refractivity contribution in [3.8, 4) is 0 Å². The van der Waals surface area contributed by atoms with Gasteiger partial charge in [-0.3, -0.25) is 4.79 Å². The predicted molar refractivity (Wildman–Crippen MR) is 51.3 cm³/mol. The average molecular weight is 190 g/mol. The van der Waals surface area contributed by atoms with Crippen molar-refractivity contribution in [2.45, 2.75) is 6.61 Å². The predicted octanol–water partition coefficient (Wildman–Crippen LogP) is 1.29. The number of ether oxygens (including phenoxy) is 1. The van der Waals surface area contributed by atoms with Gasteiger partial charge >= 0.3 is 0 Å². The molecule has 2 rings (SSSR count). The molecule has 0 unspecified atom stereocenters. The molecule has 0 spiro atoms. The summed E-state index contributed by atoms with van der Waals surface area (Å²) in [6, 6.07) is 5.62. The molecule has 0 aromatic carbocycles. The van der Waals surface area contributed by atoms with Gasteiger partial charge in [-0.25, -0.2) is 4.98 Å². The molecule has 4 nitrogen and oxygen atoms in total. The van der Waals surface area contributed by atoms with Crippen LogP contribution in [0, 0.1) is 0 Å². The first-order valence-electron chi connectivity index (χ1n) is 4.27. The average Bonchev–Trinajstić information content (AvgIpc) is 2.58. The fourth-order valence-electron chi connectivity index (χ4n) is 1.44. The molecule has 2 aromatic heterocycles. The molecule has 4 heteroatoms. The Labute approximate surface area is 81.1 Å². The van der Waals surface area contributed by atoms with Gasteiger partial charge in [0.2, 0.25) is 0 Å². The van der Waals surface area contributed by atoms with Crippen LogP contribution in [0.5, 0.6) is 0 Å². The summed E-state index contributed by atoms with van der Waals surface area (Å²) in [5, 5.41) is 0. The maximum atomic E-state index is 10.7. The Hall–Kier alpha value is -1.68. The topological polar surface area (TPSA) is 43.6 Å². The van der Waals surface area contributed by atoms with Crippen molar-refractivity contribution in [3.63, 3.8) is 0 Å². The molecule has 0 bridgehead atoms. The summed E-state index contributed by atoms with van der Waals surface area (Å²) in [6.45, 7) is 0.402. The van der Waals surface area contributed by atoms with Gasteiger partial charge in [-0.1, -0.05) is 6.07 Å². The zero-order chi connectivity index (χ0) is 9.97. The zero-order valence-corrected chi connectivity index (χ0v) is 7.80. The van der Waals surface area contributed by atoms with Crippen LogP contribution < -0.4 is 0 Å². The number of fused-ring (bicyclic) bond motifs is 1. The molecule has 72 valence electrons. The minimum atomic E-state index is 0.402. The normalized spacial score (nSPS) is 10.6. The number of aromatic nitrogens is 2. The number of rotatable bonds is 3. The van der Waals surface area contributed by atoms with Gasteiger partial charge < -0.3 is 9.14 Å². The second kappa shape index (κ2) is 3.59. The van der Waals surface area contributed by atoms with Crippen LogP contribution in [-0.2, 0) is 11.3 Å². The van der Waals surface area contributed by atoms with Crippen molar-refractivity contribution in [2.75, 3.05) is 7.11 Å². The molecule has 0 fully saturated rings. The molecular weight excluding hydrogens is 180 g/mol. The van der Waals surface area contributed by atoms with Gasteiger partial charge in [0.15, 0.2) is 6.29 Å². The standard InChI is InChI=1S/C10H10N2O2/c1-14-7-10-11-8(6-13)9-4-2-3-5-12(9)10/h2-6H,7H2,1H3. The molecule has 0 N–H and O–H groups in total. The third-order valence-electron chi connectivity index (χ3n) is 2.03. The summed E-state index contributed by atoms with van der Waals surface area (Å²) in [5.74, 6) is 0.741. The summed E-state index contributed by atoms with van der Waals surface area (Å²) in [6.07, 6.45) is 2.62. The van der Waals surface area contributed by atoms with Crippen LogP contribution in [-0.4, -0.2) is 22.8 Å². The smallest absolute Gasteiger partial charge is 0.170 e. The molecule has 0 amide bonds. The first-order valence-corrected chi connectivity index (χ1v) is 4.27. The largest absolute Gasteiger partial charge is 0.377 e. The van der Waals surface area contributed by atoms with Gasteiger partial charge in [-0.05, 0) is 12.1 Å². The Kier molecular flexibility index (Phi) is 2.28. The number of imidazole rings is 1. The van der Waals surface area contributed by atoms with Crippen LogP contribution in [0.25, 0.3) is 5.52 Å². The molecule has 0 radical (unpaired) electrons. The number of nitrogens with zero attached hydrogens (tertiary/aromatic N) is 2. The third-order valence-corrected chi connectivity index (χ3v) is 2.03. The van der Waals surface area contributed by atoms with E-state index in [0.717, 1.165) is 17.6 Å². The summed E-state index contributed by atoms with van der Waals surface area (Å²) in [7, 11) is 1.60. The van der Waals surface area contributed by atoms with E-state index in [4.69, 9.17) is 4.74 Å². The summed E-state index contributed by atoms with van der Waals surface area (Å²) in [5.41, 5.74) is 1.27. The Morgan fingerprint density at radius 3 is 3.14 bits per heavy atom. The minimum Gasteiger partial charge on any atom is -0.377 e. The van der Waals surface area contributed by atoms with E-state index in [9.17, 15) is 4.79 Å². The molecule has 0 aliphatic carbocycles. The van der Waals surface area contributed by atoms with Crippen molar-refractivity contribution in [1.82, 2.24) is 9.38 Å². The third kappa shape index (κ3) is 1.29. The van der Waals surface area contributed by atoms with Gasteiger partial charge in [0.05, 0.1) is 5.52 Å². The lowest BCUT2D eigenvalue weighted by molar-refractivity contribution is 0.112. The van der Waals surface area contributed by atoms with Gasteiger partial charge in [-0.2, -0.15) is 0 Å². The number of carbonyl (C=O) groups excluding carboxylic acids is 1. The fourth-order valence-corrected chi connectivity index (χ4v) is 1.44. The number of methoxy groups -OCH3 is 1. The highest BCUT2D eigenvalue weighted by atomic mass is 16.5. The molecular formula is C10H10N2O2. The number of hydrogen-bond donors (Lipinski definition) is 0. The number of hydrogen-bond acceptors (Lipinski definition) is 3. The van der Waals surface area contributed by atoms with E-state index in [0.29, 0.717) is 12.3 Å². The Morgan fingerprint density at radius 2 is 2.43 bits per heavy atom. The van der Waals surface area contributed by atoms with Crippen LogP contribution in [0.1, 0.15) is 16.3 Å². The van der Waals surface area contributed by atoms with Gasteiger partial charge in [0, 0.05) is 13.3 Å². The molecule has 0 aliphatic heterocycles. The lowest BCUT2D eigenvalue weighted by atomic mass is 10.3. The van der Waals surface area contributed by atoms with Crippen molar-refractivity contribution in [2.24, 2.45) is 0 Å². The highest BCUT2D eigenvalue weighted by molar-refractivity contribution is 5.83. The van der Waals surface area contributed by atoms with E-state index < -0.39 is 0 Å². The second-order valence-electron chi connectivity index (χ2n) is 2.92. The van der Waals surface area contributed by atoms with Crippen LogP contribution in [0.3, 0.4) is 0 Å². The molecule has 0 saturated heterocycles. The van der Waals surface area contributed by atoms with E-state index >= 15 is 0 Å². The number of pyridine rings is 1. The maximum absolute atomic E-state index is 10.7. The van der Waals surface area contributed by atoms with E-state index in [1.165, 1.54) is 0 Å². The fraction of sp³-hybridized carbons (Fsp3) is 0.200. The number of aldehydes is 1. The van der Waals surface area contributed by atoms with Crippen molar-refractivity contribution >= 4 is 11.8 Å². The Bertz CT molecular complexity index is 462. The molecule has 0 aliphatic rings. The highest BCUT2D eigenvalue weighted by Crippen LogP contribution is 2.11. The van der Waals surface area contributed by atoms with Crippen molar-refractivity contribution in [1.29, 1.82) is 0 Å². The van der Waals surface area contributed by atoms with Crippen molar-refractivity contribution < 1.29 is 9.53 Å². The summed E-state index contributed by atoms with van der Waals surface area (Å²) >= 11 is 0. The lowest BCUT2D eigenvalue weighted by Gasteiger charge is -1.97. The van der Waals surface area contributed by atoms with E-state index in [2.05, 4.69) is 4.98 Å². The van der Waals surface area contributed by atoms with Crippen LogP contribution in [0.2, 0.25) is 0 Å². The quantitative estimate of drug-likeness (QED) is 0.685. The lowest BCUT2D eigenvalue weighted by Crippen LogP contribution is -1.95. The zero-order valence-electron chi connectivity index (χ0n) is 7.80. The number of carbonyl (C=O) groups is 1. The van der Waals surface area contributed by atoms with Gasteiger partial charge in [0.1, 0.15) is 18.1 Å². The van der Waals surface area contributed by atoms with Crippen LogP contribution in [0.15, 0.2) is 24.4 Å². The second-order valence-corrected chi connectivity index (χ2v) is 2.92. The first kappa shape index (κ1) is 8.90. The molecule has 0 saturated carbocycles. The maximum Gasteiger partial charge on any atom is 0.170 e.